The largest absolute Gasteiger partial charge is 0.276 e. The quantitative estimate of drug-likeness (QED) is 0.530. The Morgan fingerprint density at radius 2 is 1.41 bits per heavy atom. The number of fused-ring (bicyclic) bond motifs is 7. The Kier molecular flexibility index (Phi) is 3.26. The lowest BCUT2D eigenvalue weighted by molar-refractivity contribution is 0.583. The van der Waals surface area contributed by atoms with E-state index in [9.17, 15) is 8.42 Å². The molecule has 6 rings (SSSR count). The van der Waals surface area contributed by atoms with Crippen LogP contribution in [0.5, 0.6) is 0 Å². The van der Waals surface area contributed by atoms with Crippen LogP contribution in [0.3, 0.4) is 0 Å². The Balaban J connectivity index is 1.42. The van der Waals surface area contributed by atoms with Crippen LogP contribution in [0.1, 0.15) is 39.7 Å². The zero-order valence-corrected chi connectivity index (χ0v) is 16.7. The normalized spacial score (nSPS) is 28.1. The van der Waals surface area contributed by atoms with E-state index in [0.717, 1.165) is 5.56 Å². The van der Waals surface area contributed by atoms with Crippen LogP contribution in [-0.4, -0.2) is 14.6 Å². The smallest absolute Gasteiger partial charge is 0.200 e. The van der Waals surface area contributed by atoms with Crippen molar-refractivity contribution in [2.75, 3.05) is 0 Å². The number of benzene rings is 3. The molecule has 1 saturated carbocycles. The molecule has 4 nitrogen and oxygen atoms in total. The molecule has 29 heavy (non-hydrogen) atoms. The molecule has 3 aliphatic carbocycles. The zero-order chi connectivity index (χ0) is 19.8. The van der Waals surface area contributed by atoms with Gasteiger partial charge in [-0.3, -0.25) is 0 Å². The molecule has 2 atom stereocenters. The number of hydrogen-bond acceptors (Lipinski definition) is 3. The third-order valence-electron chi connectivity index (χ3n) is 6.85. The molecule has 0 spiro atoms. The van der Waals surface area contributed by atoms with Gasteiger partial charge in [0, 0.05) is 6.21 Å². The van der Waals surface area contributed by atoms with Gasteiger partial charge in [-0.15, -0.1) is 0 Å². The summed E-state index contributed by atoms with van der Waals surface area (Å²) in [5, 5.41) is 4.31. The number of nitrogens with one attached hydrogen (secondary N) is 1. The molecular formula is C24H20N2O2S. The lowest BCUT2D eigenvalue weighted by atomic mass is 9.76. The van der Waals surface area contributed by atoms with Crippen molar-refractivity contribution in [2.45, 2.75) is 29.1 Å². The van der Waals surface area contributed by atoms with Crippen molar-refractivity contribution in [3.63, 3.8) is 0 Å². The van der Waals surface area contributed by atoms with Gasteiger partial charge in [0.05, 0.1) is 10.3 Å². The van der Waals surface area contributed by atoms with Crippen LogP contribution >= 0.6 is 0 Å². The van der Waals surface area contributed by atoms with Gasteiger partial charge < -0.3 is 0 Å². The number of rotatable bonds is 4. The van der Waals surface area contributed by atoms with Crippen LogP contribution in [0.2, 0.25) is 0 Å². The van der Waals surface area contributed by atoms with Gasteiger partial charge in [-0.25, -0.2) is 4.83 Å². The van der Waals surface area contributed by atoms with Gasteiger partial charge in [0.15, 0.2) is 0 Å². The lowest BCUT2D eigenvalue weighted by Gasteiger charge is -2.26. The van der Waals surface area contributed by atoms with Crippen molar-refractivity contribution < 1.29 is 8.42 Å². The summed E-state index contributed by atoms with van der Waals surface area (Å²) in [6.45, 7) is 1.93. The first-order valence-corrected chi connectivity index (χ1v) is 11.3. The summed E-state index contributed by atoms with van der Waals surface area (Å²) in [6.07, 6.45) is 1.84. The highest BCUT2D eigenvalue weighted by Gasteiger charge is 2.73. The number of hydrogen-bond donors (Lipinski definition) is 1. The highest BCUT2D eigenvalue weighted by molar-refractivity contribution is 7.89. The number of hydrazone groups is 1. The van der Waals surface area contributed by atoms with Gasteiger partial charge in [0.2, 0.25) is 0 Å². The Morgan fingerprint density at radius 1 is 0.862 bits per heavy atom. The average molecular weight is 401 g/mol. The first-order chi connectivity index (χ1) is 14.0. The first-order valence-electron chi connectivity index (χ1n) is 9.85. The molecule has 0 aromatic heterocycles. The van der Waals surface area contributed by atoms with Crippen molar-refractivity contribution in [1.82, 2.24) is 4.83 Å². The van der Waals surface area contributed by atoms with Crippen LogP contribution in [0, 0.1) is 12.8 Å². The highest BCUT2D eigenvalue weighted by Crippen LogP contribution is 2.79. The topological polar surface area (TPSA) is 58.5 Å². The number of aryl methyl sites for hydroxylation is 1. The first kappa shape index (κ1) is 17.0. The van der Waals surface area contributed by atoms with Crippen molar-refractivity contribution >= 4 is 16.2 Å². The minimum Gasteiger partial charge on any atom is -0.200 e. The fourth-order valence-corrected chi connectivity index (χ4v) is 6.47. The van der Waals surface area contributed by atoms with Gasteiger partial charge >= 0.3 is 0 Å². The third-order valence-corrected chi connectivity index (χ3v) is 8.09. The molecule has 0 aliphatic heterocycles. The van der Waals surface area contributed by atoms with E-state index >= 15 is 0 Å². The predicted octanol–water partition coefficient (Wildman–Crippen LogP) is 4.07. The maximum absolute atomic E-state index is 12.7. The van der Waals surface area contributed by atoms with Crippen molar-refractivity contribution in [3.8, 4) is 0 Å². The summed E-state index contributed by atoms with van der Waals surface area (Å²) in [4.78, 5) is 2.66. The van der Waals surface area contributed by atoms with E-state index in [2.05, 4.69) is 58.5 Å². The van der Waals surface area contributed by atoms with E-state index < -0.39 is 10.0 Å². The van der Waals surface area contributed by atoms with E-state index in [1.807, 2.05) is 13.1 Å². The molecule has 3 aromatic carbocycles. The van der Waals surface area contributed by atoms with E-state index in [1.165, 1.54) is 22.3 Å². The van der Waals surface area contributed by atoms with E-state index in [1.54, 1.807) is 24.3 Å². The Bertz CT molecular complexity index is 1220. The standard InChI is InChI=1S/C24H20N2O2S/c1-15-10-12-16(13-11-15)29(27,28)26-25-14-24-19-8-4-2-6-17(19)21-22(23(21)24)18-7-3-5-9-20(18)24/h2-14,21-23,26H,1H3/b25-14-/t21-,22-,23?,24?/m0/s1. The molecule has 1 fully saturated rings. The van der Waals surface area contributed by atoms with Crippen LogP contribution in [0.25, 0.3) is 0 Å². The summed E-state index contributed by atoms with van der Waals surface area (Å²) < 4.78 is 25.4. The minimum atomic E-state index is -3.70. The zero-order valence-electron chi connectivity index (χ0n) is 15.9. The van der Waals surface area contributed by atoms with Gasteiger partial charge in [-0.2, -0.15) is 13.5 Å². The average Bonchev–Trinajstić information content (AvgIpc) is 3.34. The summed E-state index contributed by atoms with van der Waals surface area (Å²) in [5.74, 6) is 1.47. The van der Waals surface area contributed by atoms with E-state index in [4.69, 9.17) is 0 Å². The molecule has 3 aliphatic rings. The second-order valence-electron chi connectivity index (χ2n) is 8.29. The summed E-state index contributed by atoms with van der Waals surface area (Å²) in [7, 11) is -3.70. The molecule has 0 radical (unpaired) electrons. The molecule has 0 unspecified atom stereocenters. The van der Waals surface area contributed by atoms with Gasteiger partial charge in [0.1, 0.15) is 0 Å². The van der Waals surface area contributed by atoms with Gasteiger partial charge in [-0.1, -0.05) is 66.2 Å². The van der Waals surface area contributed by atoms with Crippen LogP contribution in [0.15, 0.2) is 82.8 Å². The summed E-state index contributed by atoms with van der Waals surface area (Å²) in [5.41, 5.74) is 5.95. The van der Waals surface area contributed by atoms with Crippen LogP contribution < -0.4 is 4.83 Å². The Morgan fingerprint density at radius 3 is 2.00 bits per heavy atom. The van der Waals surface area contributed by atoms with Crippen molar-refractivity contribution in [1.29, 1.82) is 0 Å². The highest BCUT2D eigenvalue weighted by atomic mass is 32.2. The summed E-state index contributed by atoms with van der Waals surface area (Å²) >= 11 is 0. The summed E-state index contributed by atoms with van der Waals surface area (Å²) in [6, 6.07) is 23.9. The second kappa shape index (κ2) is 5.57. The van der Waals surface area contributed by atoms with Gasteiger partial charge in [-0.05, 0) is 59.1 Å². The fraction of sp³-hybridized carbons (Fsp3) is 0.208. The van der Waals surface area contributed by atoms with Crippen molar-refractivity contribution in [2.24, 2.45) is 11.0 Å². The number of nitrogens with zero attached hydrogens (tertiary/aromatic N) is 1. The number of sulfonamides is 1. The SMILES string of the molecule is Cc1ccc(S(=O)(=O)N/N=C\C23c4ccccc4[C@@H]4C2[C@H]4c2ccccc23)cc1. The molecule has 0 heterocycles. The Labute approximate surface area is 170 Å². The molecule has 1 N–H and O–H groups in total. The van der Waals surface area contributed by atoms with Crippen LogP contribution in [0.4, 0.5) is 0 Å². The van der Waals surface area contributed by atoms with E-state index in [-0.39, 0.29) is 10.3 Å². The van der Waals surface area contributed by atoms with Gasteiger partial charge in [0.25, 0.3) is 10.0 Å². The maximum atomic E-state index is 12.7. The molecule has 0 amide bonds. The molecule has 5 heteroatoms. The predicted molar refractivity (Wildman–Crippen MR) is 113 cm³/mol. The van der Waals surface area contributed by atoms with Crippen molar-refractivity contribution in [3.05, 3.63) is 101 Å². The third kappa shape index (κ3) is 2.14. The molecule has 0 saturated heterocycles. The maximum Gasteiger partial charge on any atom is 0.276 e. The minimum absolute atomic E-state index is 0.221. The van der Waals surface area contributed by atoms with E-state index in [0.29, 0.717) is 17.8 Å². The van der Waals surface area contributed by atoms with Crippen LogP contribution in [-0.2, 0) is 15.4 Å². The lowest BCUT2D eigenvalue weighted by Crippen LogP contribution is -2.30. The molecule has 3 aromatic rings. The molecule has 144 valence electrons. The molecular weight excluding hydrogens is 380 g/mol. The molecule has 0 bridgehead atoms. The monoisotopic (exact) mass is 400 g/mol. The Hall–Kier alpha value is -2.92. The fourth-order valence-electron chi connectivity index (χ4n) is 5.68. The second-order valence-corrected chi connectivity index (χ2v) is 9.95.